The van der Waals surface area contributed by atoms with E-state index in [1.54, 1.807) is 0 Å². The molecule has 1 rings (SSSR count). The molecule has 0 spiro atoms. The van der Waals surface area contributed by atoms with Crippen molar-refractivity contribution in [1.29, 1.82) is 0 Å². The van der Waals surface area contributed by atoms with E-state index in [0.717, 1.165) is 25.8 Å². The van der Waals surface area contributed by atoms with E-state index in [9.17, 15) is 9.59 Å². The summed E-state index contributed by atoms with van der Waals surface area (Å²) in [5.74, 6) is 0.0403. The first-order valence-electron chi connectivity index (χ1n) is 9.45. The van der Waals surface area contributed by atoms with E-state index >= 15 is 0 Å². The normalized spacial score (nSPS) is 22.2. The summed E-state index contributed by atoms with van der Waals surface area (Å²) in [7, 11) is -0.363. The van der Waals surface area contributed by atoms with E-state index in [2.05, 4.69) is 40.8 Å². The summed E-state index contributed by atoms with van der Waals surface area (Å²) in [6.07, 6.45) is 3.60. The van der Waals surface area contributed by atoms with Gasteiger partial charge < -0.3 is 14.1 Å². The zero-order chi connectivity index (χ0) is 19.3. The number of ether oxygens (including phenoxy) is 1. The highest BCUT2D eigenvalue weighted by molar-refractivity contribution is 6.74. The van der Waals surface area contributed by atoms with Crippen LogP contribution >= 0.6 is 0 Å². The Labute approximate surface area is 154 Å². The van der Waals surface area contributed by atoms with Crippen LogP contribution in [0.25, 0.3) is 0 Å². The second kappa shape index (κ2) is 8.67. The fourth-order valence-electron chi connectivity index (χ4n) is 3.07. The molecule has 1 unspecified atom stereocenters. The molecule has 0 bridgehead atoms. The smallest absolute Gasteiger partial charge is 0.305 e. The third kappa shape index (κ3) is 6.10. The maximum atomic E-state index is 12.3. The third-order valence-corrected chi connectivity index (χ3v) is 10.8. The van der Waals surface area contributed by atoms with Gasteiger partial charge in [-0.25, -0.2) is 0 Å². The number of amides is 1. The van der Waals surface area contributed by atoms with Crippen LogP contribution in [-0.4, -0.2) is 51.9 Å². The van der Waals surface area contributed by atoms with Crippen LogP contribution in [0, 0.1) is 5.41 Å². The van der Waals surface area contributed by atoms with Crippen molar-refractivity contribution in [2.75, 3.05) is 26.8 Å². The molecule has 1 atom stereocenters. The molecule has 0 aliphatic carbocycles. The molecule has 6 heteroatoms. The standard InChI is InChI=1S/C19H37NO4Si/c1-8-19(12-10-17(22)23-5)11-9-16(21)20(15-19)13-14-24-25(6,7)18(2,3)4/h8-15H2,1-7H3. The van der Waals surface area contributed by atoms with Crippen molar-refractivity contribution in [2.24, 2.45) is 5.41 Å². The summed E-state index contributed by atoms with van der Waals surface area (Å²) in [5, 5.41) is 0.173. The Morgan fingerprint density at radius 1 is 1.32 bits per heavy atom. The quantitative estimate of drug-likeness (QED) is 0.478. The predicted octanol–water partition coefficient (Wildman–Crippen LogP) is 3.98. The fourth-order valence-corrected chi connectivity index (χ4v) is 4.11. The van der Waals surface area contributed by atoms with Crippen molar-refractivity contribution < 1.29 is 18.8 Å². The molecule has 25 heavy (non-hydrogen) atoms. The van der Waals surface area contributed by atoms with Gasteiger partial charge in [-0.05, 0) is 42.8 Å². The molecule has 1 amide bonds. The van der Waals surface area contributed by atoms with Crippen LogP contribution in [0.5, 0.6) is 0 Å². The summed E-state index contributed by atoms with van der Waals surface area (Å²) in [4.78, 5) is 25.8. The Morgan fingerprint density at radius 2 is 1.96 bits per heavy atom. The molecule has 146 valence electrons. The van der Waals surface area contributed by atoms with E-state index in [-0.39, 0.29) is 22.3 Å². The first-order chi connectivity index (χ1) is 11.5. The minimum absolute atomic E-state index is 0.0269. The number of hydrogen-bond acceptors (Lipinski definition) is 4. The Bertz CT molecular complexity index is 473. The van der Waals surface area contributed by atoms with Gasteiger partial charge in [-0.1, -0.05) is 27.7 Å². The number of carbonyl (C=O) groups is 2. The van der Waals surface area contributed by atoms with Gasteiger partial charge >= 0.3 is 5.97 Å². The second-order valence-electron chi connectivity index (χ2n) is 8.85. The number of likely N-dealkylation sites (tertiary alicyclic amines) is 1. The van der Waals surface area contributed by atoms with Crippen molar-refractivity contribution in [3.8, 4) is 0 Å². The highest BCUT2D eigenvalue weighted by Gasteiger charge is 2.39. The van der Waals surface area contributed by atoms with Crippen LogP contribution in [0.15, 0.2) is 0 Å². The lowest BCUT2D eigenvalue weighted by Gasteiger charge is -2.43. The molecular formula is C19H37NO4Si. The van der Waals surface area contributed by atoms with Gasteiger partial charge in [-0.15, -0.1) is 0 Å². The van der Waals surface area contributed by atoms with Crippen LogP contribution in [0.3, 0.4) is 0 Å². The lowest BCUT2D eigenvalue weighted by molar-refractivity contribution is -0.142. The lowest BCUT2D eigenvalue weighted by Crippen LogP contribution is -2.49. The van der Waals surface area contributed by atoms with Gasteiger partial charge in [-0.3, -0.25) is 9.59 Å². The molecule has 1 saturated heterocycles. The molecule has 0 aromatic heterocycles. The van der Waals surface area contributed by atoms with E-state index in [0.29, 0.717) is 26.0 Å². The van der Waals surface area contributed by atoms with Crippen LogP contribution in [0.1, 0.15) is 59.8 Å². The Morgan fingerprint density at radius 3 is 2.48 bits per heavy atom. The molecule has 1 heterocycles. The van der Waals surface area contributed by atoms with Crippen LogP contribution in [-0.2, 0) is 18.8 Å². The predicted molar refractivity (Wildman–Crippen MR) is 103 cm³/mol. The van der Waals surface area contributed by atoms with E-state index in [1.807, 2.05) is 4.90 Å². The molecule has 1 aliphatic heterocycles. The monoisotopic (exact) mass is 371 g/mol. The summed E-state index contributed by atoms with van der Waals surface area (Å²) >= 11 is 0. The Balaban J connectivity index is 2.63. The number of carbonyl (C=O) groups excluding carboxylic acids is 2. The van der Waals surface area contributed by atoms with Crippen molar-refractivity contribution >= 4 is 20.2 Å². The van der Waals surface area contributed by atoms with Gasteiger partial charge in [0.2, 0.25) is 5.91 Å². The SMILES string of the molecule is CCC1(CCC(=O)OC)CCC(=O)N(CCO[Si](C)(C)C(C)(C)C)C1. The molecule has 0 aromatic rings. The van der Waals surface area contributed by atoms with Crippen LogP contribution in [0.4, 0.5) is 0 Å². The minimum atomic E-state index is -1.79. The molecule has 1 aliphatic rings. The molecule has 0 saturated carbocycles. The maximum Gasteiger partial charge on any atom is 0.305 e. The number of rotatable bonds is 8. The highest BCUT2D eigenvalue weighted by Crippen LogP contribution is 2.39. The summed E-state index contributed by atoms with van der Waals surface area (Å²) in [6, 6.07) is 0. The number of hydrogen-bond donors (Lipinski definition) is 0. The summed E-state index contributed by atoms with van der Waals surface area (Å²) in [6.45, 7) is 15.2. The molecule has 0 aromatic carbocycles. The molecule has 5 nitrogen and oxygen atoms in total. The van der Waals surface area contributed by atoms with Gasteiger partial charge in [0.15, 0.2) is 8.32 Å². The Hall–Kier alpha value is -0.883. The average molecular weight is 372 g/mol. The topological polar surface area (TPSA) is 55.8 Å². The molecule has 0 radical (unpaired) electrons. The number of piperidine rings is 1. The summed E-state index contributed by atoms with van der Waals surface area (Å²) < 4.78 is 11.0. The minimum Gasteiger partial charge on any atom is -0.469 e. The van der Waals surface area contributed by atoms with Gasteiger partial charge in [0.05, 0.1) is 13.7 Å². The summed E-state index contributed by atoms with van der Waals surface area (Å²) in [5.41, 5.74) is 0.0269. The Kier molecular flexibility index (Phi) is 7.68. The van der Waals surface area contributed by atoms with Crippen molar-refractivity contribution in [1.82, 2.24) is 4.90 Å². The van der Waals surface area contributed by atoms with Crippen molar-refractivity contribution in [2.45, 2.75) is 77.9 Å². The zero-order valence-corrected chi connectivity index (χ0v) is 18.2. The number of nitrogens with zero attached hydrogens (tertiary/aromatic N) is 1. The third-order valence-electron chi connectivity index (χ3n) is 6.22. The van der Waals surface area contributed by atoms with Gasteiger partial charge in [0.1, 0.15) is 0 Å². The van der Waals surface area contributed by atoms with Crippen molar-refractivity contribution in [3.63, 3.8) is 0 Å². The van der Waals surface area contributed by atoms with Gasteiger partial charge in [0.25, 0.3) is 0 Å². The number of esters is 1. The average Bonchev–Trinajstić information content (AvgIpc) is 2.54. The van der Waals surface area contributed by atoms with Crippen LogP contribution in [0.2, 0.25) is 18.1 Å². The van der Waals surface area contributed by atoms with Gasteiger partial charge in [-0.2, -0.15) is 0 Å². The van der Waals surface area contributed by atoms with Gasteiger partial charge in [0, 0.05) is 25.9 Å². The largest absolute Gasteiger partial charge is 0.469 e. The van der Waals surface area contributed by atoms with Crippen LogP contribution < -0.4 is 0 Å². The molecule has 1 fully saturated rings. The van der Waals surface area contributed by atoms with E-state index in [4.69, 9.17) is 9.16 Å². The number of methoxy groups -OCH3 is 1. The molecule has 0 N–H and O–H groups in total. The lowest BCUT2D eigenvalue weighted by atomic mass is 9.74. The second-order valence-corrected chi connectivity index (χ2v) is 13.7. The maximum absolute atomic E-state index is 12.3. The first kappa shape index (κ1) is 22.2. The van der Waals surface area contributed by atoms with E-state index < -0.39 is 8.32 Å². The molecular weight excluding hydrogens is 334 g/mol. The highest BCUT2D eigenvalue weighted by atomic mass is 28.4. The first-order valence-corrected chi connectivity index (χ1v) is 12.4. The van der Waals surface area contributed by atoms with Crippen molar-refractivity contribution in [3.05, 3.63) is 0 Å². The zero-order valence-electron chi connectivity index (χ0n) is 17.2. The fraction of sp³-hybridized carbons (Fsp3) is 0.895. The van der Waals surface area contributed by atoms with E-state index in [1.165, 1.54) is 7.11 Å².